The van der Waals surface area contributed by atoms with Gasteiger partial charge in [0.25, 0.3) is 5.56 Å². The first-order valence-corrected chi connectivity index (χ1v) is 10.4. The topological polar surface area (TPSA) is 67.2 Å². The van der Waals surface area contributed by atoms with Gasteiger partial charge in [-0.2, -0.15) is 5.10 Å². The Hall–Kier alpha value is -1.73. The normalized spacial score (nSPS) is 17.7. The van der Waals surface area contributed by atoms with Gasteiger partial charge in [0.1, 0.15) is 6.54 Å². The number of carbonyl (C=O) groups excluding carboxylic acids is 1. The molecule has 1 aromatic carbocycles. The molecule has 0 spiro atoms. The monoisotopic (exact) mass is 434 g/mol. The van der Waals surface area contributed by atoms with E-state index >= 15 is 0 Å². The van der Waals surface area contributed by atoms with Crippen molar-refractivity contribution < 1.29 is 4.79 Å². The SMILES string of the molecule is CCN1CCCC1CNC(=O)Cn1nc(C(C)C)c2cc(Br)ccc2c1=O. The van der Waals surface area contributed by atoms with Gasteiger partial charge in [-0.1, -0.05) is 36.7 Å². The van der Waals surface area contributed by atoms with Crippen molar-refractivity contribution in [2.45, 2.75) is 52.1 Å². The number of halogens is 1. The lowest BCUT2D eigenvalue weighted by Gasteiger charge is -2.23. The predicted octanol–water partition coefficient (Wildman–Crippen LogP) is 2.88. The molecule has 1 amide bonds. The highest BCUT2D eigenvalue weighted by Gasteiger charge is 2.23. The highest BCUT2D eigenvalue weighted by molar-refractivity contribution is 9.10. The van der Waals surface area contributed by atoms with E-state index in [4.69, 9.17) is 0 Å². The second kappa shape index (κ2) is 8.52. The standard InChI is InChI=1S/C20H27BrN4O2/c1-4-24-9-5-6-15(24)11-22-18(26)12-25-20(27)16-8-7-14(21)10-17(16)19(23-25)13(2)3/h7-8,10,13,15H,4-6,9,11-12H2,1-3H3,(H,22,26). The van der Waals surface area contributed by atoms with Crippen LogP contribution in [0.5, 0.6) is 0 Å². The number of likely N-dealkylation sites (N-methyl/N-ethyl adjacent to an activating group) is 1. The summed E-state index contributed by atoms with van der Waals surface area (Å²) in [6.07, 6.45) is 2.28. The molecule has 1 aliphatic rings. The first kappa shape index (κ1) is 20.0. The first-order valence-electron chi connectivity index (χ1n) is 9.61. The first-order chi connectivity index (χ1) is 12.9. The van der Waals surface area contributed by atoms with Crippen molar-refractivity contribution in [1.29, 1.82) is 0 Å². The zero-order chi connectivity index (χ0) is 19.6. The number of amides is 1. The Balaban J connectivity index is 1.80. The maximum absolute atomic E-state index is 12.8. The molecule has 0 radical (unpaired) electrons. The summed E-state index contributed by atoms with van der Waals surface area (Å²) >= 11 is 3.46. The van der Waals surface area contributed by atoms with Crippen molar-refractivity contribution in [3.05, 3.63) is 38.7 Å². The van der Waals surface area contributed by atoms with Crippen LogP contribution >= 0.6 is 15.9 Å². The molecule has 1 N–H and O–H groups in total. The fraction of sp³-hybridized carbons (Fsp3) is 0.550. The van der Waals surface area contributed by atoms with Gasteiger partial charge in [0.15, 0.2) is 0 Å². The fourth-order valence-electron chi connectivity index (χ4n) is 3.78. The van der Waals surface area contributed by atoms with Crippen molar-refractivity contribution in [2.24, 2.45) is 0 Å². The largest absolute Gasteiger partial charge is 0.353 e. The Bertz CT molecular complexity index is 893. The summed E-state index contributed by atoms with van der Waals surface area (Å²) in [5.41, 5.74) is 0.597. The van der Waals surface area contributed by atoms with Gasteiger partial charge in [0, 0.05) is 22.4 Å². The highest BCUT2D eigenvalue weighted by Crippen LogP contribution is 2.24. The van der Waals surface area contributed by atoms with Gasteiger partial charge in [-0.05, 0) is 50.0 Å². The molecular formula is C20H27BrN4O2. The molecule has 0 aliphatic carbocycles. The van der Waals surface area contributed by atoms with Crippen LogP contribution in [0.3, 0.4) is 0 Å². The summed E-state index contributed by atoms with van der Waals surface area (Å²) in [6.45, 7) is 8.89. The van der Waals surface area contributed by atoms with Crippen LogP contribution in [0, 0.1) is 0 Å². The number of rotatable bonds is 6. The molecule has 7 heteroatoms. The molecular weight excluding hydrogens is 408 g/mol. The van der Waals surface area contributed by atoms with Gasteiger partial charge in [-0.3, -0.25) is 14.5 Å². The van der Waals surface area contributed by atoms with Crippen LogP contribution in [0.25, 0.3) is 10.8 Å². The number of fused-ring (bicyclic) bond motifs is 1. The predicted molar refractivity (Wildman–Crippen MR) is 111 cm³/mol. The minimum atomic E-state index is -0.229. The van der Waals surface area contributed by atoms with Gasteiger partial charge < -0.3 is 5.32 Å². The Kier molecular flexibility index (Phi) is 6.32. The van der Waals surface area contributed by atoms with Crippen LogP contribution in [0.2, 0.25) is 0 Å². The highest BCUT2D eigenvalue weighted by atomic mass is 79.9. The number of nitrogens with zero attached hydrogens (tertiary/aromatic N) is 3. The molecule has 2 aromatic rings. The molecule has 1 aromatic heterocycles. The number of hydrogen-bond donors (Lipinski definition) is 1. The molecule has 3 rings (SSSR count). The number of nitrogens with one attached hydrogen (secondary N) is 1. The summed E-state index contributed by atoms with van der Waals surface area (Å²) in [5.74, 6) is -0.0213. The van der Waals surface area contributed by atoms with Gasteiger partial charge >= 0.3 is 0 Å². The van der Waals surface area contributed by atoms with Crippen LogP contribution in [0.1, 0.15) is 45.2 Å². The molecule has 0 bridgehead atoms. The number of benzene rings is 1. The molecule has 1 saturated heterocycles. The number of likely N-dealkylation sites (tertiary alicyclic amines) is 1. The van der Waals surface area contributed by atoms with Crippen LogP contribution in [-0.2, 0) is 11.3 Å². The Morgan fingerprint density at radius 3 is 2.85 bits per heavy atom. The van der Waals surface area contributed by atoms with E-state index in [9.17, 15) is 9.59 Å². The lowest BCUT2D eigenvalue weighted by molar-refractivity contribution is -0.122. The van der Waals surface area contributed by atoms with E-state index in [0.717, 1.165) is 35.1 Å². The van der Waals surface area contributed by atoms with Crippen LogP contribution in [0.4, 0.5) is 0 Å². The van der Waals surface area contributed by atoms with E-state index in [1.807, 2.05) is 26.0 Å². The molecule has 2 heterocycles. The summed E-state index contributed by atoms with van der Waals surface area (Å²) in [5, 5.41) is 8.92. The van der Waals surface area contributed by atoms with Gasteiger partial charge in [-0.15, -0.1) is 0 Å². The van der Waals surface area contributed by atoms with Crippen molar-refractivity contribution >= 4 is 32.6 Å². The van der Waals surface area contributed by atoms with Gasteiger partial charge in [-0.25, -0.2) is 4.68 Å². The smallest absolute Gasteiger partial charge is 0.275 e. The van der Waals surface area contributed by atoms with Crippen LogP contribution < -0.4 is 10.9 Å². The zero-order valence-electron chi connectivity index (χ0n) is 16.2. The fourth-order valence-corrected chi connectivity index (χ4v) is 4.14. The van der Waals surface area contributed by atoms with E-state index < -0.39 is 0 Å². The minimum Gasteiger partial charge on any atom is -0.353 e. The second-order valence-electron chi connectivity index (χ2n) is 7.42. The third-order valence-corrected chi connectivity index (χ3v) is 5.72. The quantitative estimate of drug-likeness (QED) is 0.758. The number of carbonyl (C=O) groups is 1. The van der Waals surface area contributed by atoms with Gasteiger partial charge in [0.05, 0.1) is 11.1 Å². The molecule has 0 saturated carbocycles. The maximum Gasteiger partial charge on any atom is 0.275 e. The van der Waals surface area contributed by atoms with Crippen molar-refractivity contribution in [3.63, 3.8) is 0 Å². The average Bonchev–Trinajstić information content (AvgIpc) is 3.09. The summed E-state index contributed by atoms with van der Waals surface area (Å²) in [7, 11) is 0. The van der Waals surface area contributed by atoms with E-state index in [1.165, 1.54) is 11.1 Å². The lowest BCUT2D eigenvalue weighted by Crippen LogP contribution is -2.42. The molecule has 1 aliphatic heterocycles. The number of hydrogen-bond acceptors (Lipinski definition) is 4. The van der Waals surface area contributed by atoms with Crippen LogP contribution in [0.15, 0.2) is 27.5 Å². The maximum atomic E-state index is 12.8. The second-order valence-corrected chi connectivity index (χ2v) is 8.34. The third-order valence-electron chi connectivity index (χ3n) is 5.23. The summed E-state index contributed by atoms with van der Waals surface area (Å²) in [6, 6.07) is 5.95. The van der Waals surface area contributed by atoms with Crippen molar-refractivity contribution in [2.75, 3.05) is 19.6 Å². The van der Waals surface area contributed by atoms with Crippen molar-refractivity contribution in [3.8, 4) is 0 Å². The molecule has 146 valence electrons. The molecule has 1 fully saturated rings. The van der Waals surface area contributed by atoms with E-state index in [2.05, 4.69) is 38.2 Å². The van der Waals surface area contributed by atoms with Crippen LogP contribution in [-0.4, -0.2) is 46.3 Å². The minimum absolute atomic E-state index is 0.0522. The van der Waals surface area contributed by atoms with Crippen molar-refractivity contribution in [1.82, 2.24) is 20.0 Å². The summed E-state index contributed by atoms with van der Waals surface area (Å²) in [4.78, 5) is 27.6. The van der Waals surface area contributed by atoms with E-state index in [0.29, 0.717) is 18.0 Å². The Morgan fingerprint density at radius 2 is 2.15 bits per heavy atom. The lowest BCUT2D eigenvalue weighted by atomic mass is 10.0. The Labute approximate surface area is 168 Å². The van der Waals surface area contributed by atoms with E-state index in [1.54, 1.807) is 6.07 Å². The molecule has 1 atom stereocenters. The molecule has 1 unspecified atom stereocenters. The van der Waals surface area contributed by atoms with E-state index in [-0.39, 0.29) is 23.9 Å². The molecule has 6 nitrogen and oxygen atoms in total. The molecule has 27 heavy (non-hydrogen) atoms. The number of aromatic nitrogens is 2. The average molecular weight is 435 g/mol. The third kappa shape index (κ3) is 4.41. The Morgan fingerprint density at radius 1 is 1.37 bits per heavy atom. The summed E-state index contributed by atoms with van der Waals surface area (Å²) < 4.78 is 2.21. The zero-order valence-corrected chi connectivity index (χ0v) is 17.8. The van der Waals surface area contributed by atoms with Gasteiger partial charge in [0.2, 0.25) is 5.91 Å².